The smallest absolute Gasteiger partial charge is 0.243 e. The van der Waals surface area contributed by atoms with Crippen LogP contribution in [0.2, 0.25) is 5.02 Å². The zero-order valence-corrected chi connectivity index (χ0v) is 20.6. The fourth-order valence-electron chi connectivity index (χ4n) is 2.88. The van der Waals surface area contributed by atoms with E-state index in [0.717, 1.165) is 36.5 Å². The van der Waals surface area contributed by atoms with Crippen LogP contribution in [0.4, 0.5) is 5.69 Å². The molecule has 1 aromatic carbocycles. The van der Waals surface area contributed by atoms with Gasteiger partial charge >= 0.3 is 0 Å². The van der Waals surface area contributed by atoms with Crippen LogP contribution in [0.5, 0.6) is 5.75 Å². The number of hydrogen-bond donors (Lipinski definition) is 2. The molecule has 1 amide bonds. The predicted molar refractivity (Wildman–Crippen MR) is 131 cm³/mol. The number of aliphatic imine (C=N–C) groups is 1. The number of anilines is 1. The van der Waals surface area contributed by atoms with Gasteiger partial charge in [0.05, 0.1) is 12.8 Å². The summed E-state index contributed by atoms with van der Waals surface area (Å²) in [7, 11) is 5.10. The van der Waals surface area contributed by atoms with Gasteiger partial charge in [0.2, 0.25) is 5.91 Å². The molecule has 0 saturated carbocycles. The van der Waals surface area contributed by atoms with Crippen molar-refractivity contribution < 1.29 is 9.53 Å². The number of guanidine groups is 1. The van der Waals surface area contributed by atoms with Crippen molar-refractivity contribution in [2.45, 2.75) is 19.4 Å². The van der Waals surface area contributed by atoms with Gasteiger partial charge in [0.25, 0.3) is 0 Å². The lowest BCUT2D eigenvalue weighted by Crippen LogP contribution is -2.45. The van der Waals surface area contributed by atoms with Crippen LogP contribution in [0.3, 0.4) is 0 Å². The number of benzene rings is 1. The topological polar surface area (TPSA) is 69.2 Å². The van der Waals surface area contributed by atoms with Gasteiger partial charge in [-0.25, -0.2) is 4.99 Å². The van der Waals surface area contributed by atoms with E-state index in [0.29, 0.717) is 17.5 Å². The van der Waals surface area contributed by atoms with Crippen molar-refractivity contribution in [1.82, 2.24) is 15.5 Å². The molecule has 1 heterocycles. The largest absolute Gasteiger partial charge is 0.495 e. The molecule has 1 aliphatic rings. The molecule has 2 N–H and O–H groups in total. The second-order valence-corrected chi connectivity index (χ2v) is 7.59. The first kappa shape index (κ1) is 25.4. The minimum atomic E-state index is -0.0480. The SMILES string of the molecule is C=C(C)CNC(=NCC(=O)N(C)C)NC1CCN(c2cc(Cl)ccc2OC)C1.I. The number of amides is 1. The van der Waals surface area contributed by atoms with Crippen molar-refractivity contribution in [1.29, 1.82) is 0 Å². The van der Waals surface area contributed by atoms with E-state index in [1.54, 1.807) is 21.2 Å². The van der Waals surface area contributed by atoms with Crippen LogP contribution in [0.25, 0.3) is 0 Å². The number of nitrogens with zero attached hydrogens (tertiary/aromatic N) is 3. The zero-order valence-electron chi connectivity index (χ0n) is 17.5. The molecule has 2 rings (SSSR count). The predicted octanol–water partition coefficient (Wildman–Crippen LogP) is 2.74. The fraction of sp³-hybridized carbons (Fsp3) is 0.500. The normalized spacial score (nSPS) is 16.1. The van der Waals surface area contributed by atoms with Gasteiger partial charge in [-0.1, -0.05) is 23.8 Å². The maximum absolute atomic E-state index is 11.9. The fourth-order valence-corrected chi connectivity index (χ4v) is 3.04. The Morgan fingerprint density at radius 2 is 2.17 bits per heavy atom. The van der Waals surface area contributed by atoms with Crippen LogP contribution in [-0.2, 0) is 4.79 Å². The molecule has 1 atom stereocenters. The molecule has 1 aromatic rings. The monoisotopic (exact) mass is 535 g/mol. The van der Waals surface area contributed by atoms with Crippen molar-refractivity contribution in [2.75, 3.05) is 52.3 Å². The van der Waals surface area contributed by atoms with Gasteiger partial charge in [-0.3, -0.25) is 4.79 Å². The second kappa shape index (κ2) is 12.1. The molecular weight excluding hydrogens is 505 g/mol. The van der Waals surface area contributed by atoms with Gasteiger partial charge in [-0.2, -0.15) is 0 Å². The molecule has 9 heteroatoms. The van der Waals surface area contributed by atoms with E-state index in [4.69, 9.17) is 16.3 Å². The lowest BCUT2D eigenvalue weighted by Gasteiger charge is -2.22. The van der Waals surface area contributed by atoms with Gasteiger partial charge in [0.15, 0.2) is 5.96 Å². The highest BCUT2D eigenvalue weighted by molar-refractivity contribution is 14.0. The molecular formula is C20H31ClIN5O2. The molecule has 1 aliphatic heterocycles. The van der Waals surface area contributed by atoms with Gasteiger partial charge in [-0.05, 0) is 31.5 Å². The average Bonchev–Trinajstić information content (AvgIpc) is 3.11. The van der Waals surface area contributed by atoms with Gasteiger partial charge in [0, 0.05) is 44.8 Å². The summed E-state index contributed by atoms with van der Waals surface area (Å²) >= 11 is 6.17. The van der Waals surface area contributed by atoms with E-state index >= 15 is 0 Å². The number of methoxy groups -OCH3 is 1. The van der Waals surface area contributed by atoms with Crippen molar-refractivity contribution in [3.63, 3.8) is 0 Å². The molecule has 0 radical (unpaired) electrons. The average molecular weight is 536 g/mol. The third-order valence-electron chi connectivity index (χ3n) is 4.44. The van der Waals surface area contributed by atoms with E-state index in [-0.39, 0.29) is 42.5 Å². The van der Waals surface area contributed by atoms with Crippen LogP contribution < -0.4 is 20.3 Å². The minimum absolute atomic E-state index is 0. The Bertz CT molecular complexity index is 742. The number of carbonyl (C=O) groups excluding carboxylic acids is 1. The Labute approximate surface area is 195 Å². The summed E-state index contributed by atoms with van der Waals surface area (Å²) < 4.78 is 5.47. The number of carbonyl (C=O) groups is 1. The van der Waals surface area contributed by atoms with Crippen molar-refractivity contribution in [3.8, 4) is 5.75 Å². The van der Waals surface area contributed by atoms with Crippen LogP contribution >= 0.6 is 35.6 Å². The number of hydrogen-bond acceptors (Lipinski definition) is 4. The summed E-state index contributed by atoms with van der Waals surface area (Å²) in [5, 5.41) is 7.34. The Balaban J connectivity index is 0.00000420. The Kier molecular flexibility index (Phi) is 10.6. The zero-order chi connectivity index (χ0) is 20.7. The Morgan fingerprint density at radius 3 is 2.79 bits per heavy atom. The summed E-state index contributed by atoms with van der Waals surface area (Å²) in [6, 6.07) is 5.82. The van der Waals surface area contributed by atoms with Gasteiger partial charge < -0.3 is 25.2 Å². The van der Waals surface area contributed by atoms with Crippen LogP contribution in [-0.4, -0.2) is 70.2 Å². The number of likely N-dealkylation sites (N-methyl/N-ethyl adjacent to an activating group) is 1. The third kappa shape index (κ3) is 7.93. The molecule has 7 nitrogen and oxygen atoms in total. The molecule has 0 aromatic heterocycles. The molecule has 1 fully saturated rings. The highest BCUT2D eigenvalue weighted by Gasteiger charge is 2.25. The van der Waals surface area contributed by atoms with Gasteiger partial charge in [0.1, 0.15) is 12.3 Å². The molecule has 1 unspecified atom stereocenters. The highest BCUT2D eigenvalue weighted by atomic mass is 127. The van der Waals surface area contributed by atoms with Crippen molar-refractivity contribution in [2.24, 2.45) is 4.99 Å². The molecule has 0 bridgehead atoms. The number of rotatable bonds is 7. The number of halogens is 2. The summed E-state index contributed by atoms with van der Waals surface area (Å²) in [4.78, 5) is 20.1. The van der Waals surface area contributed by atoms with E-state index in [1.165, 1.54) is 4.90 Å². The van der Waals surface area contributed by atoms with Crippen molar-refractivity contribution >= 4 is 53.1 Å². The van der Waals surface area contributed by atoms with E-state index < -0.39 is 0 Å². The maximum Gasteiger partial charge on any atom is 0.243 e. The maximum atomic E-state index is 11.9. The van der Waals surface area contributed by atoms with E-state index in [1.807, 2.05) is 25.1 Å². The molecule has 29 heavy (non-hydrogen) atoms. The van der Waals surface area contributed by atoms with Crippen molar-refractivity contribution in [3.05, 3.63) is 35.4 Å². The second-order valence-electron chi connectivity index (χ2n) is 7.16. The van der Waals surface area contributed by atoms with Crippen LogP contribution in [0.1, 0.15) is 13.3 Å². The lowest BCUT2D eigenvalue weighted by molar-refractivity contribution is -0.127. The Hall–Kier alpha value is -1.68. The molecule has 162 valence electrons. The molecule has 0 spiro atoms. The van der Waals surface area contributed by atoms with Gasteiger partial charge in [-0.15, -0.1) is 24.0 Å². The van der Waals surface area contributed by atoms with E-state index in [9.17, 15) is 4.79 Å². The Morgan fingerprint density at radius 1 is 1.45 bits per heavy atom. The summed E-state index contributed by atoms with van der Waals surface area (Å²) in [5.41, 5.74) is 1.97. The number of ether oxygens (including phenoxy) is 1. The summed E-state index contributed by atoms with van der Waals surface area (Å²) in [5.74, 6) is 1.37. The third-order valence-corrected chi connectivity index (χ3v) is 4.67. The number of nitrogens with one attached hydrogen (secondary N) is 2. The minimum Gasteiger partial charge on any atom is -0.495 e. The first-order valence-electron chi connectivity index (χ1n) is 9.28. The first-order chi connectivity index (χ1) is 13.3. The molecule has 0 aliphatic carbocycles. The molecule has 1 saturated heterocycles. The quantitative estimate of drug-likeness (QED) is 0.243. The standard InChI is InChI=1S/C20H30ClN5O2.HI/c1-14(2)11-22-20(23-12-19(27)25(3)4)24-16-8-9-26(13-16)17-10-15(21)6-7-18(17)28-5;/h6-7,10,16H,1,8-9,11-13H2,2-5H3,(H2,22,23,24);1H. The summed E-state index contributed by atoms with van der Waals surface area (Å²) in [6.07, 6.45) is 0.936. The highest BCUT2D eigenvalue weighted by Crippen LogP contribution is 2.33. The lowest BCUT2D eigenvalue weighted by atomic mass is 10.2. The van der Waals surface area contributed by atoms with E-state index in [2.05, 4.69) is 27.1 Å². The van der Waals surface area contributed by atoms with Crippen LogP contribution in [0, 0.1) is 0 Å². The summed E-state index contributed by atoms with van der Waals surface area (Å²) in [6.45, 7) is 8.20. The van der Waals surface area contributed by atoms with Crippen LogP contribution in [0.15, 0.2) is 35.3 Å². The first-order valence-corrected chi connectivity index (χ1v) is 9.65.